The predicted molar refractivity (Wildman–Crippen MR) is 61.6 cm³/mol. The van der Waals surface area contributed by atoms with E-state index in [1.165, 1.54) is 0 Å². The zero-order valence-corrected chi connectivity index (χ0v) is 10.5. The van der Waals surface area contributed by atoms with Gasteiger partial charge in [0.15, 0.2) is 9.84 Å². The molecule has 0 aromatic heterocycles. The highest BCUT2D eigenvalue weighted by molar-refractivity contribution is 7.91. The number of rotatable bonds is 3. The smallest absolute Gasteiger partial charge is 0.153 e. The number of nitriles is 1. The molecule has 16 heavy (non-hydrogen) atoms. The van der Waals surface area contributed by atoms with Crippen LogP contribution in [0.4, 0.5) is 0 Å². The van der Waals surface area contributed by atoms with Gasteiger partial charge in [0.2, 0.25) is 0 Å². The first-order valence-corrected chi connectivity index (χ1v) is 7.60. The predicted octanol–water partition coefficient (Wildman–Crippen LogP) is 0.799. The van der Waals surface area contributed by atoms with Crippen molar-refractivity contribution in [3.05, 3.63) is 0 Å². The Balaban J connectivity index is 1.95. The van der Waals surface area contributed by atoms with Gasteiger partial charge in [0.25, 0.3) is 0 Å². The van der Waals surface area contributed by atoms with E-state index in [4.69, 9.17) is 5.26 Å². The van der Waals surface area contributed by atoms with Crippen LogP contribution in [0.25, 0.3) is 0 Å². The Bertz CT molecular complexity index is 406. The summed E-state index contributed by atoms with van der Waals surface area (Å²) in [6.45, 7) is 3.51. The Morgan fingerprint density at radius 2 is 2.19 bits per heavy atom. The minimum atomic E-state index is -2.82. The molecule has 1 atom stereocenters. The van der Waals surface area contributed by atoms with Crippen LogP contribution < -0.4 is 0 Å². The van der Waals surface area contributed by atoms with E-state index >= 15 is 0 Å². The fraction of sp³-hybridized carbons (Fsp3) is 0.909. The zero-order chi connectivity index (χ0) is 11.8. The van der Waals surface area contributed by atoms with E-state index in [9.17, 15) is 8.42 Å². The second kappa shape index (κ2) is 4.01. The van der Waals surface area contributed by atoms with Crippen molar-refractivity contribution in [2.45, 2.75) is 32.2 Å². The van der Waals surface area contributed by atoms with Crippen molar-refractivity contribution in [2.24, 2.45) is 5.41 Å². The molecule has 1 aliphatic heterocycles. The van der Waals surface area contributed by atoms with Crippen molar-refractivity contribution in [3.63, 3.8) is 0 Å². The minimum Gasteiger partial charge on any atom is -0.298 e. The van der Waals surface area contributed by atoms with Crippen molar-refractivity contribution in [1.29, 1.82) is 5.26 Å². The maximum absolute atomic E-state index is 11.4. The van der Waals surface area contributed by atoms with Crippen LogP contribution in [0.2, 0.25) is 0 Å². The summed E-state index contributed by atoms with van der Waals surface area (Å²) in [5, 5.41) is 8.76. The fourth-order valence-corrected chi connectivity index (χ4v) is 4.06. The molecule has 1 heterocycles. The van der Waals surface area contributed by atoms with Gasteiger partial charge in [-0.2, -0.15) is 5.26 Å². The van der Waals surface area contributed by atoms with Crippen LogP contribution >= 0.6 is 0 Å². The lowest BCUT2D eigenvalue weighted by Crippen LogP contribution is -2.48. The van der Waals surface area contributed by atoms with E-state index < -0.39 is 9.84 Å². The average Bonchev–Trinajstić information content (AvgIpc) is 2.91. The lowest BCUT2D eigenvalue weighted by atomic mass is 10.0. The highest BCUT2D eigenvalue weighted by Gasteiger charge is 2.45. The molecule has 0 bridgehead atoms. The number of hydrogen-bond donors (Lipinski definition) is 0. The molecule has 0 aromatic rings. The monoisotopic (exact) mass is 242 g/mol. The third-order valence-electron chi connectivity index (χ3n) is 3.76. The first-order chi connectivity index (χ1) is 7.46. The standard InChI is InChI=1S/C11H18N2O2S/c1-10-8-16(14,15)7-6-13(10)9-11(2-3-11)4-5-12/h10H,2-4,6-9H2,1H3. The molecular formula is C11H18N2O2S. The Labute approximate surface area is 97.2 Å². The average molecular weight is 242 g/mol. The van der Waals surface area contributed by atoms with Crippen LogP contribution in [0.15, 0.2) is 0 Å². The van der Waals surface area contributed by atoms with E-state index in [1.54, 1.807) is 0 Å². The molecule has 2 aliphatic rings. The summed E-state index contributed by atoms with van der Waals surface area (Å²) in [7, 11) is -2.82. The number of sulfone groups is 1. The van der Waals surface area contributed by atoms with Gasteiger partial charge in [-0.3, -0.25) is 4.90 Å². The molecule has 0 amide bonds. The molecule has 2 rings (SSSR count). The summed E-state index contributed by atoms with van der Waals surface area (Å²) in [5.41, 5.74) is 0.185. The second-order valence-electron chi connectivity index (χ2n) is 5.27. The molecule has 0 aromatic carbocycles. The van der Waals surface area contributed by atoms with Crippen molar-refractivity contribution in [1.82, 2.24) is 4.90 Å². The van der Waals surface area contributed by atoms with Gasteiger partial charge in [0, 0.05) is 25.6 Å². The van der Waals surface area contributed by atoms with Gasteiger partial charge in [-0.15, -0.1) is 0 Å². The summed E-state index contributed by atoms with van der Waals surface area (Å²) in [6.07, 6.45) is 2.86. The molecule has 1 saturated heterocycles. The van der Waals surface area contributed by atoms with Crippen molar-refractivity contribution >= 4 is 9.84 Å². The van der Waals surface area contributed by atoms with Crippen LogP contribution in [0.3, 0.4) is 0 Å². The summed E-state index contributed by atoms with van der Waals surface area (Å²) in [6, 6.07) is 2.35. The zero-order valence-electron chi connectivity index (χ0n) is 9.65. The van der Waals surface area contributed by atoms with E-state index in [-0.39, 0.29) is 23.0 Å². The molecule has 1 aliphatic carbocycles. The SMILES string of the molecule is CC1CS(=O)(=O)CCN1CC1(CC#N)CC1. The molecule has 4 nitrogen and oxygen atoms in total. The molecule has 2 fully saturated rings. The Morgan fingerprint density at radius 3 is 2.69 bits per heavy atom. The van der Waals surface area contributed by atoms with E-state index in [2.05, 4.69) is 11.0 Å². The lowest BCUT2D eigenvalue weighted by molar-refractivity contribution is 0.183. The summed E-state index contributed by atoms with van der Waals surface area (Å²) in [5.74, 6) is 0.551. The Kier molecular flexibility index (Phi) is 2.97. The van der Waals surface area contributed by atoms with Gasteiger partial charge >= 0.3 is 0 Å². The quantitative estimate of drug-likeness (QED) is 0.734. The Morgan fingerprint density at radius 1 is 1.50 bits per heavy atom. The van der Waals surface area contributed by atoms with E-state index in [0.29, 0.717) is 13.0 Å². The van der Waals surface area contributed by atoms with Crippen molar-refractivity contribution < 1.29 is 8.42 Å². The molecule has 0 N–H and O–H groups in total. The van der Waals surface area contributed by atoms with Crippen LogP contribution in [0.1, 0.15) is 26.2 Å². The number of nitrogens with zero attached hydrogens (tertiary/aromatic N) is 2. The third-order valence-corrected chi connectivity index (χ3v) is 5.55. The van der Waals surface area contributed by atoms with Crippen LogP contribution in [0.5, 0.6) is 0 Å². The topological polar surface area (TPSA) is 61.2 Å². The summed E-state index contributed by atoms with van der Waals surface area (Å²) >= 11 is 0. The van der Waals surface area contributed by atoms with Crippen molar-refractivity contribution in [2.75, 3.05) is 24.6 Å². The van der Waals surface area contributed by atoms with Crippen LogP contribution in [-0.4, -0.2) is 44.0 Å². The first-order valence-electron chi connectivity index (χ1n) is 5.78. The maximum Gasteiger partial charge on any atom is 0.153 e. The summed E-state index contributed by atoms with van der Waals surface area (Å²) < 4.78 is 22.9. The maximum atomic E-state index is 11.4. The molecule has 0 radical (unpaired) electrons. The van der Waals surface area contributed by atoms with Gasteiger partial charge in [-0.1, -0.05) is 0 Å². The van der Waals surface area contributed by atoms with E-state index in [1.807, 2.05) is 6.92 Å². The first kappa shape index (κ1) is 11.9. The van der Waals surface area contributed by atoms with Gasteiger partial charge in [-0.05, 0) is 25.2 Å². The van der Waals surface area contributed by atoms with Crippen molar-refractivity contribution in [3.8, 4) is 6.07 Å². The highest BCUT2D eigenvalue weighted by Crippen LogP contribution is 2.49. The number of hydrogen-bond acceptors (Lipinski definition) is 4. The van der Waals surface area contributed by atoms with Gasteiger partial charge in [0.05, 0.1) is 17.6 Å². The van der Waals surface area contributed by atoms with Crippen LogP contribution in [0, 0.1) is 16.7 Å². The summed E-state index contributed by atoms with van der Waals surface area (Å²) in [4.78, 5) is 2.24. The molecular weight excluding hydrogens is 224 g/mol. The second-order valence-corrected chi connectivity index (χ2v) is 7.50. The molecule has 5 heteroatoms. The van der Waals surface area contributed by atoms with E-state index in [0.717, 1.165) is 19.4 Å². The van der Waals surface area contributed by atoms with Crippen LogP contribution in [-0.2, 0) is 9.84 Å². The van der Waals surface area contributed by atoms with Gasteiger partial charge in [-0.25, -0.2) is 8.42 Å². The molecule has 0 spiro atoms. The largest absolute Gasteiger partial charge is 0.298 e. The normalized spacial score (nSPS) is 31.9. The van der Waals surface area contributed by atoms with Gasteiger partial charge in [0.1, 0.15) is 0 Å². The van der Waals surface area contributed by atoms with Gasteiger partial charge < -0.3 is 0 Å². The minimum absolute atomic E-state index is 0.106. The fourth-order valence-electron chi connectivity index (χ4n) is 2.43. The molecule has 1 saturated carbocycles. The molecule has 1 unspecified atom stereocenters. The highest BCUT2D eigenvalue weighted by atomic mass is 32.2. The third kappa shape index (κ3) is 2.55. The Hall–Kier alpha value is -0.600. The molecule has 90 valence electrons. The lowest BCUT2D eigenvalue weighted by Gasteiger charge is -2.35.